The van der Waals surface area contributed by atoms with Crippen molar-refractivity contribution >= 4 is 10.9 Å². The molecule has 2 rings (SSSR count). The molecular weight excluding hydrogens is 148 g/mol. The summed E-state index contributed by atoms with van der Waals surface area (Å²) < 4.78 is 0. The Morgan fingerprint density at radius 1 is 1.17 bits per heavy atom. The van der Waals surface area contributed by atoms with Crippen molar-refractivity contribution in [1.82, 2.24) is 9.97 Å². The molecule has 0 amide bonds. The normalized spacial score (nSPS) is 10.5. The van der Waals surface area contributed by atoms with Crippen molar-refractivity contribution in [3.05, 3.63) is 35.8 Å². The molecule has 0 fully saturated rings. The fourth-order valence-electron chi connectivity index (χ4n) is 1.31. The zero-order valence-electron chi connectivity index (χ0n) is 7.20. The van der Waals surface area contributed by atoms with E-state index in [-0.39, 0.29) is 0 Å². The van der Waals surface area contributed by atoms with Gasteiger partial charge in [-0.25, -0.2) is 0 Å². The Kier molecular flexibility index (Phi) is 1.54. The van der Waals surface area contributed by atoms with Crippen molar-refractivity contribution in [3.63, 3.8) is 0 Å². The average Bonchev–Trinajstić information content (AvgIpc) is 2.04. The number of aryl methyl sites for hydroxylation is 2. The predicted molar refractivity (Wildman–Crippen MR) is 49.0 cm³/mol. The monoisotopic (exact) mass is 158 g/mol. The van der Waals surface area contributed by atoms with Gasteiger partial charge in [-0.2, -0.15) is 0 Å². The van der Waals surface area contributed by atoms with Gasteiger partial charge in [-0.15, -0.1) is 0 Å². The van der Waals surface area contributed by atoms with E-state index >= 15 is 0 Å². The van der Waals surface area contributed by atoms with Crippen molar-refractivity contribution in [3.8, 4) is 0 Å². The minimum atomic E-state index is 0.993. The molecule has 2 aromatic rings. The molecule has 2 heterocycles. The Morgan fingerprint density at radius 3 is 2.83 bits per heavy atom. The summed E-state index contributed by atoms with van der Waals surface area (Å²) >= 11 is 0. The van der Waals surface area contributed by atoms with Crippen molar-refractivity contribution in [2.75, 3.05) is 0 Å². The van der Waals surface area contributed by atoms with Gasteiger partial charge < -0.3 is 0 Å². The van der Waals surface area contributed by atoms with Gasteiger partial charge in [0.05, 0.1) is 11.2 Å². The fourth-order valence-corrected chi connectivity index (χ4v) is 1.31. The summed E-state index contributed by atoms with van der Waals surface area (Å²) in [5, 5.41) is 1.17. The van der Waals surface area contributed by atoms with Gasteiger partial charge in [0, 0.05) is 17.8 Å². The van der Waals surface area contributed by atoms with Crippen LogP contribution in [0.1, 0.15) is 11.3 Å². The highest BCUT2D eigenvalue weighted by Gasteiger charge is 1.97. The molecule has 2 aromatic heterocycles. The maximum atomic E-state index is 4.32. The summed E-state index contributed by atoms with van der Waals surface area (Å²) in [6.07, 6.45) is 3.69. The van der Waals surface area contributed by atoms with Gasteiger partial charge in [0.15, 0.2) is 0 Å². The smallest absolute Gasteiger partial charge is 0.0914 e. The zero-order valence-corrected chi connectivity index (χ0v) is 7.20. The van der Waals surface area contributed by atoms with Gasteiger partial charge in [-0.1, -0.05) is 0 Å². The lowest BCUT2D eigenvalue weighted by molar-refractivity contribution is 1.20. The van der Waals surface area contributed by atoms with Crippen LogP contribution in [0.3, 0.4) is 0 Å². The van der Waals surface area contributed by atoms with Crippen LogP contribution in [-0.2, 0) is 0 Å². The second kappa shape index (κ2) is 2.55. The first-order valence-corrected chi connectivity index (χ1v) is 3.95. The summed E-state index contributed by atoms with van der Waals surface area (Å²) in [5.74, 6) is 0. The van der Waals surface area contributed by atoms with E-state index in [1.165, 1.54) is 10.9 Å². The minimum absolute atomic E-state index is 0.993. The Morgan fingerprint density at radius 2 is 2.00 bits per heavy atom. The van der Waals surface area contributed by atoms with E-state index in [4.69, 9.17) is 0 Å². The highest BCUT2D eigenvalue weighted by molar-refractivity contribution is 5.80. The third-order valence-corrected chi connectivity index (χ3v) is 1.92. The molecule has 2 nitrogen and oxygen atoms in total. The van der Waals surface area contributed by atoms with Crippen LogP contribution in [0.4, 0.5) is 0 Å². The molecule has 0 aromatic carbocycles. The first kappa shape index (κ1) is 7.22. The quantitative estimate of drug-likeness (QED) is 0.587. The molecule has 0 saturated heterocycles. The molecule has 0 aliphatic rings. The van der Waals surface area contributed by atoms with E-state index in [2.05, 4.69) is 16.0 Å². The Labute approximate surface area is 71.3 Å². The van der Waals surface area contributed by atoms with Crippen LogP contribution >= 0.6 is 0 Å². The first-order chi connectivity index (χ1) is 5.77. The highest BCUT2D eigenvalue weighted by atomic mass is 14.7. The van der Waals surface area contributed by atoms with Crippen LogP contribution in [0.5, 0.6) is 0 Å². The third kappa shape index (κ3) is 1.05. The van der Waals surface area contributed by atoms with Gasteiger partial charge in [0.2, 0.25) is 0 Å². The average molecular weight is 158 g/mol. The number of fused-ring (bicyclic) bond motifs is 1. The van der Waals surface area contributed by atoms with E-state index < -0.39 is 0 Å². The molecule has 0 saturated carbocycles. The SMILES string of the molecule is Cc1cnc2c(C)nccc2c1. The molecule has 60 valence electrons. The highest BCUT2D eigenvalue weighted by Crippen LogP contribution is 2.13. The van der Waals surface area contributed by atoms with Crippen molar-refractivity contribution < 1.29 is 0 Å². The number of hydrogen-bond donors (Lipinski definition) is 0. The maximum Gasteiger partial charge on any atom is 0.0914 e. The number of hydrogen-bond acceptors (Lipinski definition) is 2. The lowest BCUT2D eigenvalue weighted by Gasteiger charge is -1.99. The molecule has 0 unspecified atom stereocenters. The fraction of sp³-hybridized carbons (Fsp3) is 0.200. The van der Waals surface area contributed by atoms with Crippen molar-refractivity contribution in [2.45, 2.75) is 13.8 Å². The molecule has 12 heavy (non-hydrogen) atoms. The molecule has 2 heteroatoms. The Hall–Kier alpha value is -1.44. The number of pyridine rings is 2. The number of nitrogens with zero attached hydrogens (tertiary/aromatic N) is 2. The van der Waals surface area contributed by atoms with Crippen LogP contribution in [0.15, 0.2) is 24.5 Å². The number of rotatable bonds is 0. The van der Waals surface area contributed by atoms with Gasteiger partial charge >= 0.3 is 0 Å². The van der Waals surface area contributed by atoms with Crippen molar-refractivity contribution in [1.29, 1.82) is 0 Å². The molecule has 0 radical (unpaired) electrons. The topological polar surface area (TPSA) is 25.8 Å². The Bertz CT molecular complexity index is 421. The minimum Gasteiger partial charge on any atom is -0.259 e. The summed E-state index contributed by atoms with van der Waals surface area (Å²) in [4.78, 5) is 8.49. The lowest BCUT2D eigenvalue weighted by Crippen LogP contribution is -1.87. The number of aromatic nitrogens is 2. The van der Waals surface area contributed by atoms with Gasteiger partial charge in [0.1, 0.15) is 0 Å². The molecular formula is C10H10N2. The lowest BCUT2D eigenvalue weighted by atomic mass is 10.2. The maximum absolute atomic E-state index is 4.32. The third-order valence-electron chi connectivity index (χ3n) is 1.92. The second-order valence-corrected chi connectivity index (χ2v) is 2.98. The van der Waals surface area contributed by atoms with Crippen LogP contribution in [0.25, 0.3) is 10.9 Å². The summed E-state index contributed by atoms with van der Waals surface area (Å²) in [6, 6.07) is 4.11. The molecule has 0 N–H and O–H groups in total. The van der Waals surface area contributed by atoms with Gasteiger partial charge in [-0.3, -0.25) is 9.97 Å². The Balaban J connectivity index is 2.86. The van der Waals surface area contributed by atoms with E-state index in [9.17, 15) is 0 Å². The first-order valence-electron chi connectivity index (χ1n) is 3.95. The molecule has 0 spiro atoms. The van der Waals surface area contributed by atoms with E-state index in [1.54, 1.807) is 0 Å². The summed E-state index contributed by atoms with van der Waals surface area (Å²) in [7, 11) is 0. The molecule has 0 aliphatic carbocycles. The van der Waals surface area contributed by atoms with Gasteiger partial charge in [0.25, 0.3) is 0 Å². The molecule has 0 bridgehead atoms. The molecule has 0 atom stereocenters. The van der Waals surface area contributed by atoms with Gasteiger partial charge in [-0.05, 0) is 31.5 Å². The van der Waals surface area contributed by atoms with Crippen LogP contribution in [-0.4, -0.2) is 9.97 Å². The van der Waals surface area contributed by atoms with E-state index in [0.717, 1.165) is 11.2 Å². The standard InChI is InChI=1S/C10H10N2/c1-7-5-9-3-4-11-8(2)10(9)12-6-7/h3-6H,1-2H3. The second-order valence-electron chi connectivity index (χ2n) is 2.98. The van der Waals surface area contributed by atoms with E-state index in [0.29, 0.717) is 0 Å². The van der Waals surface area contributed by atoms with E-state index in [1.807, 2.05) is 32.3 Å². The summed E-state index contributed by atoms with van der Waals surface area (Å²) in [6.45, 7) is 4.02. The predicted octanol–water partition coefficient (Wildman–Crippen LogP) is 2.25. The van der Waals surface area contributed by atoms with Crippen molar-refractivity contribution in [2.24, 2.45) is 0 Å². The largest absolute Gasteiger partial charge is 0.259 e. The van der Waals surface area contributed by atoms with Crippen LogP contribution in [0, 0.1) is 13.8 Å². The van der Waals surface area contributed by atoms with Crippen LogP contribution in [0.2, 0.25) is 0 Å². The zero-order chi connectivity index (χ0) is 8.55. The summed E-state index contributed by atoms with van der Waals surface area (Å²) in [5.41, 5.74) is 3.18. The molecule has 0 aliphatic heterocycles. The van der Waals surface area contributed by atoms with Crippen LogP contribution < -0.4 is 0 Å².